The molecule has 0 N–H and O–H groups in total. The molecule has 0 aliphatic heterocycles. The van der Waals surface area contributed by atoms with Crippen molar-refractivity contribution in [3.05, 3.63) is 49.1 Å². The molecule has 166 valence electrons. The molecule has 2 rings (SSSR count). The van der Waals surface area contributed by atoms with Crippen molar-refractivity contribution in [3.8, 4) is 0 Å². The van der Waals surface area contributed by atoms with E-state index in [1.165, 1.54) is 62.7 Å². The number of pyridine rings is 2. The number of aromatic nitrogens is 2. The Morgan fingerprint density at radius 1 is 0.600 bits per heavy atom. The minimum atomic E-state index is 0.388. The third-order valence-corrected chi connectivity index (χ3v) is 7.35. The first-order valence-electron chi connectivity index (χ1n) is 11.0. The number of nitrogens with zero attached hydrogens (tertiary/aromatic N) is 4. The predicted molar refractivity (Wildman–Crippen MR) is 135 cm³/mol. The summed E-state index contributed by atoms with van der Waals surface area (Å²) in [6.07, 6.45) is 18.9. The van der Waals surface area contributed by atoms with Crippen molar-refractivity contribution in [2.45, 2.75) is 61.3 Å². The van der Waals surface area contributed by atoms with Gasteiger partial charge in [-0.2, -0.15) is 9.13 Å². The van der Waals surface area contributed by atoms with Crippen molar-refractivity contribution >= 4 is 43.2 Å². The van der Waals surface area contributed by atoms with Crippen molar-refractivity contribution in [1.82, 2.24) is 0 Å². The molecule has 6 heteroatoms. The Morgan fingerprint density at radius 2 is 0.900 bits per heavy atom. The molecule has 0 saturated carbocycles. The molecule has 0 spiro atoms. The molecule has 0 bridgehead atoms. The van der Waals surface area contributed by atoms with Crippen LogP contribution >= 0.6 is 31.9 Å². The molecule has 2 unspecified atom stereocenters. The average Bonchev–Trinajstić information content (AvgIpc) is 2.75. The quantitative estimate of drug-likeness (QED) is 0.175. The lowest BCUT2D eigenvalue weighted by atomic mass is 10.1. The van der Waals surface area contributed by atoms with Crippen LogP contribution in [-0.2, 0) is 0 Å². The Kier molecular flexibility index (Phi) is 11.1. The largest absolute Gasteiger partial charge is 0.377 e. The molecule has 2 aromatic heterocycles. The molecule has 0 aromatic carbocycles. The van der Waals surface area contributed by atoms with Gasteiger partial charge < -0.3 is 9.80 Å². The molecular formula is C24H38Br2N4+2. The highest BCUT2D eigenvalue weighted by atomic mass is 79.9. The molecule has 0 aliphatic carbocycles. The molecule has 0 amide bonds. The number of alkyl halides is 2. The highest BCUT2D eigenvalue weighted by molar-refractivity contribution is 9.09. The highest BCUT2D eigenvalue weighted by Crippen LogP contribution is 2.20. The SMILES string of the molecule is CN(C)c1cc[n+](C(Br)CCCCCCCCC(Br)[n+]2ccc(N(C)C)cc2)cc1. The molecule has 30 heavy (non-hydrogen) atoms. The van der Waals surface area contributed by atoms with Crippen LogP contribution in [0.5, 0.6) is 0 Å². The van der Waals surface area contributed by atoms with Gasteiger partial charge in [-0.3, -0.25) is 0 Å². The number of unbranched alkanes of at least 4 members (excludes halogenated alkanes) is 5. The van der Waals surface area contributed by atoms with Gasteiger partial charge in [0.05, 0.1) is 0 Å². The van der Waals surface area contributed by atoms with Crippen LogP contribution in [0.25, 0.3) is 0 Å². The molecule has 2 atom stereocenters. The number of hydrogen-bond donors (Lipinski definition) is 0. The van der Waals surface area contributed by atoms with E-state index in [-0.39, 0.29) is 0 Å². The van der Waals surface area contributed by atoms with Crippen LogP contribution < -0.4 is 18.9 Å². The standard InChI is InChI=1S/C24H38Br2N4/c1-27(2)21-13-17-29(18-14-21)23(25)11-9-7-5-6-8-10-12-24(26)30-19-15-22(16-20-30)28(3)4/h13-20,23-24H,5-12H2,1-4H3/q+2. The fourth-order valence-electron chi connectivity index (χ4n) is 3.46. The number of anilines is 2. The van der Waals surface area contributed by atoms with Crippen LogP contribution in [0.1, 0.15) is 61.3 Å². The van der Waals surface area contributed by atoms with E-state index in [1.54, 1.807) is 0 Å². The second-order valence-corrected chi connectivity index (χ2v) is 10.5. The topological polar surface area (TPSA) is 14.2 Å². The van der Waals surface area contributed by atoms with Crippen LogP contribution in [0.15, 0.2) is 49.1 Å². The Hall–Kier alpha value is -1.14. The van der Waals surface area contributed by atoms with E-state index < -0.39 is 0 Å². The zero-order valence-corrected chi connectivity index (χ0v) is 22.1. The van der Waals surface area contributed by atoms with E-state index in [2.05, 4.69) is 128 Å². The maximum atomic E-state index is 3.83. The van der Waals surface area contributed by atoms with Gasteiger partial charge in [-0.25, -0.2) is 0 Å². The van der Waals surface area contributed by atoms with Gasteiger partial charge >= 0.3 is 0 Å². The first-order chi connectivity index (χ1) is 14.4. The molecule has 0 saturated heterocycles. The summed E-state index contributed by atoms with van der Waals surface area (Å²) in [5.41, 5.74) is 2.47. The summed E-state index contributed by atoms with van der Waals surface area (Å²) in [5, 5.41) is 0. The van der Waals surface area contributed by atoms with Crippen LogP contribution in [0, 0.1) is 0 Å². The fourth-order valence-corrected chi connectivity index (χ4v) is 4.65. The first-order valence-corrected chi connectivity index (χ1v) is 12.9. The van der Waals surface area contributed by atoms with Crippen molar-refractivity contribution in [3.63, 3.8) is 0 Å². The molecular weight excluding hydrogens is 504 g/mol. The number of rotatable bonds is 13. The van der Waals surface area contributed by atoms with Crippen LogP contribution in [0.2, 0.25) is 0 Å². The summed E-state index contributed by atoms with van der Waals surface area (Å²) in [6, 6.07) is 8.67. The maximum Gasteiger partial charge on any atom is 0.211 e. The van der Waals surface area contributed by atoms with Gasteiger partial charge in [-0.05, 0) is 44.7 Å². The van der Waals surface area contributed by atoms with Gasteiger partial charge in [0.1, 0.15) is 0 Å². The minimum Gasteiger partial charge on any atom is -0.377 e. The van der Waals surface area contributed by atoms with E-state index in [4.69, 9.17) is 0 Å². The van der Waals surface area contributed by atoms with Gasteiger partial charge in [0.2, 0.25) is 9.90 Å². The number of hydrogen-bond acceptors (Lipinski definition) is 2. The lowest BCUT2D eigenvalue weighted by Crippen LogP contribution is -2.35. The van der Waals surface area contributed by atoms with E-state index in [9.17, 15) is 0 Å². The van der Waals surface area contributed by atoms with Crippen LogP contribution in [0.4, 0.5) is 11.4 Å². The molecule has 0 aliphatic rings. The Balaban J connectivity index is 1.54. The van der Waals surface area contributed by atoms with Gasteiger partial charge in [0.25, 0.3) is 0 Å². The zero-order valence-electron chi connectivity index (χ0n) is 19.0. The number of halogens is 2. The van der Waals surface area contributed by atoms with Crippen molar-refractivity contribution in [1.29, 1.82) is 0 Å². The molecule has 2 heterocycles. The summed E-state index contributed by atoms with van der Waals surface area (Å²) in [6.45, 7) is 0. The Morgan fingerprint density at radius 3 is 1.20 bits per heavy atom. The molecule has 0 radical (unpaired) electrons. The molecule has 4 nitrogen and oxygen atoms in total. The highest BCUT2D eigenvalue weighted by Gasteiger charge is 2.15. The van der Waals surface area contributed by atoms with Gasteiger partial charge in [-0.15, -0.1) is 0 Å². The lowest BCUT2D eigenvalue weighted by Gasteiger charge is -2.12. The molecule has 2 aromatic rings. The van der Waals surface area contributed by atoms with Crippen molar-refractivity contribution in [2.24, 2.45) is 0 Å². The summed E-state index contributed by atoms with van der Waals surface area (Å²) < 4.78 is 4.51. The lowest BCUT2D eigenvalue weighted by molar-refractivity contribution is -0.698. The normalized spacial score (nSPS) is 13.1. The van der Waals surface area contributed by atoms with E-state index >= 15 is 0 Å². The Bertz CT molecular complexity index is 653. The van der Waals surface area contributed by atoms with Gasteiger partial charge in [0.15, 0.2) is 24.8 Å². The Labute approximate surface area is 200 Å². The van der Waals surface area contributed by atoms with Crippen molar-refractivity contribution < 1.29 is 9.13 Å². The zero-order chi connectivity index (χ0) is 21.9. The monoisotopic (exact) mass is 540 g/mol. The summed E-state index contributed by atoms with van der Waals surface area (Å²) in [7, 11) is 8.30. The fraction of sp³-hybridized carbons (Fsp3) is 0.583. The summed E-state index contributed by atoms with van der Waals surface area (Å²) in [5.74, 6) is 0. The van der Waals surface area contributed by atoms with Gasteiger partial charge in [-0.1, -0.05) is 25.7 Å². The second kappa shape index (κ2) is 13.3. The summed E-state index contributed by atoms with van der Waals surface area (Å²) >= 11 is 7.66. The van der Waals surface area contributed by atoms with E-state index in [0.717, 1.165) is 0 Å². The second-order valence-electron chi connectivity index (χ2n) is 8.36. The van der Waals surface area contributed by atoms with E-state index in [1.807, 2.05) is 0 Å². The third-order valence-electron chi connectivity index (χ3n) is 5.48. The first kappa shape index (κ1) is 25.1. The summed E-state index contributed by atoms with van der Waals surface area (Å²) in [4.78, 5) is 5.04. The van der Waals surface area contributed by atoms with E-state index in [0.29, 0.717) is 9.90 Å². The van der Waals surface area contributed by atoms with Crippen LogP contribution in [0.3, 0.4) is 0 Å². The van der Waals surface area contributed by atoms with Gasteiger partial charge in [0, 0.05) is 76.7 Å². The molecule has 0 fully saturated rings. The third kappa shape index (κ3) is 8.54. The maximum absolute atomic E-state index is 3.83. The smallest absolute Gasteiger partial charge is 0.211 e. The van der Waals surface area contributed by atoms with Crippen molar-refractivity contribution in [2.75, 3.05) is 38.0 Å². The predicted octanol–water partition coefficient (Wildman–Crippen LogP) is 6.00. The van der Waals surface area contributed by atoms with Crippen LogP contribution in [-0.4, -0.2) is 28.2 Å². The minimum absolute atomic E-state index is 0.388. The average molecular weight is 542 g/mol.